The van der Waals surface area contributed by atoms with Gasteiger partial charge >= 0.3 is 0 Å². The van der Waals surface area contributed by atoms with Crippen molar-refractivity contribution in [3.8, 4) is 5.75 Å². The van der Waals surface area contributed by atoms with E-state index in [1.807, 2.05) is 12.1 Å². The maximum Gasteiger partial charge on any atom is 0.132 e. The molecule has 1 aromatic rings. The third-order valence-corrected chi connectivity index (χ3v) is 4.05. The molecule has 0 aromatic heterocycles. The summed E-state index contributed by atoms with van der Waals surface area (Å²) < 4.78 is 5.49. The lowest BCUT2D eigenvalue weighted by Gasteiger charge is -2.35. The van der Waals surface area contributed by atoms with Gasteiger partial charge in [-0.3, -0.25) is 4.79 Å². The maximum atomic E-state index is 11.4. The van der Waals surface area contributed by atoms with Crippen molar-refractivity contribution in [1.82, 2.24) is 4.90 Å². The van der Waals surface area contributed by atoms with Crippen LogP contribution in [0.4, 0.5) is 0 Å². The number of methoxy groups -OCH3 is 1. The van der Waals surface area contributed by atoms with Crippen LogP contribution in [0, 0.1) is 5.92 Å². The van der Waals surface area contributed by atoms with Crippen molar-refractivity contribution in [2.75, 3.05) is 21.2 Å². The second-order valence-electron chi connectivity index (χ2n) is 5.53. The number of para-hydroxylation sites is 1. The molecule has 0 aliphatic heterocycles. The summed E-state index contributed by atoms with van der Waals surface area (Å²) in [5.74, 6) is 1.89. The first-order chi connectivity index (χ1) is 9.13. The van der Waals surface area contributed by atoms with E-state index in [9.17, 15) is 4.79 Å². The second kappa shape index (κ2) is 6.20. The van der Waals surface area contributed by atoms with Gasteiger partial charge in [-0.15, -0.1) is 0 Å². The van der Waals surface area contributed by atoms with E-state index in [0.29, 0.717) is 17.7 Å². The number of benzene rings is 1. The Kier molecular flexibility index (Phi) is 4.59. The summed E-state index contributed by atoms with van der Waals surface area (Å²) in [5, 5.41) is 0. The molecular weight excluding hydrogens is 238 g/mol. The topological polar surface area (TPSA) is 29.5 Å². The maximum absolute atomic E-state index is 11.4. The van der Waals surface area contributed by atoms with Crippen molar-refractivity contribution in [2.24, 2.45) is 5.92 Å². The Morgan fingerprint density at radius 2 is 1.84 bits per heavy atom. The summed E-state index contributed by atoms with van der Waals surface area (Å²) in [5.41, 5.74) is 1.23. The second-order valence-corrected chi connectivity index (χ2v) is 5.53. The summed E-state index contributed by atoms with van der Waals surface area (Å²) in [6.45, 7) is 0. The van der Waals surface area contributed by atoms with Crippen LogP contribution < -0.4 is 4.74 Å². The fraction of sp³-hybridized carbons (Fsp3) is 0.562. The van der Waals surface area contributed by atoms with Crippen LogP contribution in [0.2, 0.25) is 0 Å². The Balaban J connectivity index is 2.27. The molecule has 1 aliphatic carbocycles. The third-order valence-electron chi connectivity index (χ3n) is 4.05. The van der Waals surface area contributed by atoms with Gasteiger partial charge in [0.05, 0.1) is 7.11 Å². The first-order valence-electron chi connectivity index (χ1n) is 6.94. The van der Waals surface area contributed by atoms with Crippen LogP contribution in [0.15, 0.2) is 24.3 Å². The normalized spacial score (nSPS) is 18.6. The molecule has 0 amide bonds. The van der Waals surface area contributed by atoms with Gasteiger partial charge in [0, 0.05) is 24.4 Å². The van der Waals surface area contributed by atoms with E-state index in [0.717, 1.165) is 31.4 Å². The molecule has 1 fully saturated rings. The number of rotatable bonds is 4. The number of ether oxygens (including phenoxy) is 1. The number of carbonyl (C=O) groups excluding carboxylic acids is 1. The lowest BCUT2D eigenvalue weighted by molar-refractivity contribution is -0.121. The Hall–Kier alpha value is -1.35. The largest absolute Gasteiger partial charge is 0.496 e. The van der Waals surface area contributed by atoms with Gasteiger partial charge in [-0.25, -0.2) is 0 Å². The van der Waals surface area contributed by atoms with Gasteiger partial charge in [0.15, 0.2) is 0 Å². The predicted octanol–water partition coefficient (Wildman–Crippen LogP) is 3.06. The number of Topliss-reactive ketones (excluding diaryl/α,β-unsaturated/α-hetero) is 1. The Morgan fingerprint density at radius 1 is 1.21 bits per heavy atom. The van der Waals surface area contributed by atoms with E-state index in [2.05, 4.69) is 31.1 Å². The molecule has 3 heteroatoms. The summed E-state index contributed by atoms with van der Waals surface area (Å²) in [4.78, 5) is 13.7. The highest BCUT2D eigenvalue weighted by atomic mass is 16.5. The summed E-state index contributed by atoms with van der Waals surface area (Å²) in [6, 6.07) is 8.53. The fourth-order valence-electron chi connectivity index (χ4n) is 3.14. The fourth-order valence-corrected chi connectivity index (χ4v) is 3.14. The van der Waals surface area contributed by atoms with Crippen LogP contribution in [0.3, 0.4) is 0 Å². The minimum Gasteiger partial charge on any atom is -0.496 e. The molecule has 0 spiro atoms. The zero-order valence-corrected chi connectivity index (χ0v) is 12.1. The number of hydrogen-bond acceptors (Lipinski definition) is 3. The van der Waals surface area contributed by atoms with Gasteiger partial charge in [0.25, 0.3) is 0 Å². The number of carbonyl (C=O) groups is 1. The van der Waals surface area contributed by atoms with Crippen LogP contribution in [-0.2, 0) is 4.79 Å². The molecular formula is C16H23NO2. The summed E-state index contributed by atoms with van der Waals surface area (Å²) >= 11 is 0. The quantitative estimate of drug-likeness (QED) is 0.834. The van der Waals surface area contributed by atoms with Gasteiger partial charge in [0.1, 0.15) is 11.5 Å². The minimum absolute atomic E-state index is 0.323. The van der Waals surface area contributed by atoms with Gasteiger partial charge < -0.3 is 9.64 Å². The average molecular weight is 261 g/mol. The highest BCUT2D eigenvalue weighted by molar-refractivity contribution is 5.79. The molecule has 1 unspecified atom stereocenters. The van der Waals surface area contributed by atoms with Crippen LogP contribution >= 0.6 is 0 Å². The molecule has 1 atom stereocenters. The Bertz CT molecular complexity index is 432. The van der Waals surface area contributed by atoms with Crippen molar-refractivity contribution in [3.05, 3.63) is 29.8 Å². The number of ketones is 1. The van der Waals surface area contributed by atoms with Gasteiger partial charge in [-0.05, 0) is 38.9 Å². The highest BCUT2D eigenvalue weighted by Gasteiger charge is 2.30. The standard InChI is InChI=1S/C16H23NO2/c1-17(2)16(12-8-10-13(18)11-9-12)14-6-4-5-7-15(14)19-3/h4-7,12,16H,8-11H2,1-3H3. The zero-order valence-electron chi connectivity index (χ0n) is 12.1. The first kappa shape index (κ1) is 14.1. The lowest BCUT2D eigenvalue weighted by Crippen LogP contribution is -2.30. The average Bonchev–Trinajstić information content (AvgIpc) is 2.41. The number of hydrogen-bond donors (Lipinski definition) is 0. The monoisotopic (exact) mass is 261 g/mol. The van der Waals surface area contributed by atoms with Crippen LogP contribution in [0.25, 0.3) is 0 Å². The molecule has 2 rings (SSSR count). The Labute approximate surface area is 115 Å². The minimum atomic E-state index is 0.323. The zero-order chi connectivity index (χ0) is 13.8. The molecule has 1 saturated carbocycles. The van der Waals surface area contributed by atoms with Gasteiger partial charge in [0.2, 0.25) is 0 Å². The smallest absolute Gasteiger partial charge is 0.132 e. The van der Waals surface area contributed by atoms with E-state index in [1.54, 1.807) is 7.11 Å². The molecule has 1 aliphatic rings. The summed E-state index contributed by atoms with van der Waals surface area (Å²) in [6.07, 6.45) is 3.42. The SMILES string of the molecule is COc1ccccc1C(C1CCC(=O)CC1)N(C)C. The molecule has 3 nitrogen and oxygen atoms in total. The van der Waals surface area contributed by atoms with Gasteiger partial charge in [-0.2, -0.15) is 0 Å². The molecule has 0 radical (unpaired) electrons. The first-order valence-corrected chi connectivity index (χ1v) is 6.94. The lowest BCUT2D eigenvalue weighted by atomic mass is 9.80. The molecule has 19 heavy (non-hydrogen) atoms. The molecule has 0 N–H and O–H groups in total. The molecule has 0 bridgehead atoms. The van der Waals surface area contributed by atoms with E-state index in [4.69, 9.17) is 4.74 Å². The molecule has 0 saturated heterocycles. The van der Waals surface area contributed by atoms with Crippen LogP contribution in [0.1, 0.15) is 37.3 Å². The predicted molar refractivity (Wildman–Crippen MR) is 76.4 cm³/mol. The van der Waals surface area contributed by atoms with E-state index in [-0.39, 0.29) is 0 Å². The van der Waals surface area contributed by atoms with Crippen molar-refractivity contribution < 1.29 is 9.53 Å². The Morgan fingerprint density at radius 3 is 2.42 bits per heavy atom. The number of nitrogens with zero attached hydrogens (tertiary/aromatic N) is 1. The molecule has 1 aromatic carbocycles. The molecule has 0 heterocycles. The van der Waals surface area contributed by atoms with Gasteiger partial charge in [-0.1, -0.05) is 18.2 Å². The van der Waals surface area contributed by atoms with E-state index >= 15 is 0 Å². The summed E-state index contributed by atoms with van der Waals surface area (Å²) in [7, 11) is 5.93. The van der Waals surface area contributed by atoms with Crippen molar-refractivity contribution in [3.63, 3.8) is 0 Å². The van der Waals surface area contributed by atoms with E-state index in [1.165, 1.54) is 5.56 Å². The van der Waals surface area contributed by atoms with E-state index < -0.39 is 0 Å². The van der Waals surface area contributed by atoms with Crippen molar-refractivity contribution in [2.45, 2.75) is 31.7 Å². The highest BCUT2D eigenvalue weighted by Crippen LogP contribution is 2.39. The van der Waals surface area contributed by atoms with Crippen LogP contribution in [0.5, 0.6) is 5.75 Å². The van der Waals surface area contributed by atoms with Crippen molar-refractivity contribution in [1.29, 1.82) is 0 Å². The molecule has 104 valence electrons. The third kappa shape index (κ3) is 3.16. The van der Waals surface area contributed by atoms with Crippen molar-refractivity contribution >= 4 is 5.78 Å². The van der Waals surface area contributed by atoms with Crippen LogP contribution in [-0.4, -0.2) is 31.9 Å².